The second-order valence-corrected chi connectivity index (χ2v) is 12.7. The second kappa shape index (κ2) is 10.8. The molecular weight excluding hydrogens is 565 g/mol. The van der Waals surface area contributed by atoms with Crippen molar-refractivity contribution in [2.45, 2.75) is 50.0 Å². The molecule has 1 atom stereocenters. The predicted octanol–water partition coefficient (Wildman–Crippen LogP) is 2.25. The minimum atomic E-state index is -3.72. The molecule has 1 spiro atoms. The number of halogens is 2. The third-order valence-electron chi connectivity index (χ3n) is 7.38. The van der Waals surface area contributed by atoms with E-state index in [2.05, 4.69) is 9.97 Å². The summed E-state index contributed by atoms with van der Waals surface area (Å²) >= 11 is 13.0. The van der Waals surface area contributed by atoms with Crippen LogP contribution in [0.2, 0.25) is 5.02 Å². The van der Waals surface area contributed by atoms with Crippen LogP contribution in [0.15, 0.2) is 34.1 Å². The van der Waals surface area contributed by atoms with Gasteiger partial charge in [-0.15, -0.1) is 0 Å². The summed E-state index contributed by atoms with van der Waals surface area (Å²) in [6.45, 7) is 3.46. The minimum Gasteiger partial charge on any atom is -0.461 e. The number of esters is 1. The Morgan fingerprint density at radius 3 is 2.85 bits per heavy atom. The number of nitrogens with two attached hydrogens (primary N) is 1. The van der Waals surface area contributed by atoms with Crippen LogP contribution in [0.3, 0.4) is 0 Å². The number of carbonyl (C=O) groups excluding carboxylic acids is 1. The van der Waals surface area contributed by atoms with Gasteiger partial charge in [0.2, 0.25) is 15.0 Å². The lowest BCUT2D eigenvalue weighted by atomic mass is 9.87. The van der Waals surface area contributed by atoms with E-state index in [0.29, 0.717) is 41.7 Å². The van der Waals surface area contributed by atoms with Crippen LogP contribution in [0.4, 0.5) is 5.82 Å². The fourth-order valence-electron chi connectivity index (χ4n) is 5.48. The van der Waals surface area contributed by atoms with Gasteiger partial charge in [0.25, 0.3) is 0 Å². The number of fused-ring (bicyclic) bond motifs is 3. The lowest BCUT2D eigenvalue weighted by molar-refractivity contribution is -0.605. The van der Waals surface area contributed by atoms with Crippen molar-refractivity contribution in [1.29, 1.82) is 5.41 Å². The molecule has 0 unspecified atom stereocenters. The maximum absolute atomic E-state index is 12.7. The molecule has 1 saturated heterocycles. The highest BCUT2D eigenvalue weighted by Gasteiger charge is 2.45. The van der Waals surface area contributed by atoms with Gasteiger partial charge in [0.05, 0.1) is 37.6 Å². The van der Waals surface area contributed by atoms with Gasteiger partial charge in [0, 0.05) is 36.2 Å². The summed E-state index contributed by atoms with van der Waals surface area (Å²) in [6.07, 6.45) is 3.71. The Labute approximate surface area is 237 Å². The molecule has 1 aromatic carbocycles. The molecule has 39 heavy (non-hydrogen) atoms. The van der Waals surface area contributed by atoms with Gasteiger partial charge in [-0.25, -0.2) is 23.2 Å². The largest absolute Gasteiger partial charge is 0.461 e. The number of carbonyl (C=O) groups is 1. The number of anilines is 1. The van der Waals surface area contributed by atoms with Crippen LogP contribution in [-0.4, -0.2) is 62.6 Å². The normalized spacial score (nSPS) is 22.2. The first-order valence-electron chi connectivity index (χ1n) is 12.8. The molecule has 1 aromatic heterocycles. The lowest BCUT2D eigenvalue weighted by Crippen LogP contribution is -2.83. The fourth-order valence-corrected chi connectivity index (χ4v) is 6.50. The summed E-state index contributed by atoms with van der Waals surface area (Å²) in [7, 11) is -3.72. The number of hydrogen-bond donors (Lipinski definition) is 2. The Balaban J connectivity index is 1.56. The molecule has 2 aliphatic heterocycles. The summed E-state index contributed by atoms with van der Waals surface area (Å²) in [5, 5.41) is 10.5. The van der Waals surface area contributed by atoms with E-state index in [1.165, 1.54) is 0 Å². The van der Waals surface area contributed by atoms with E-state index in [1.807, 2.05) is 28.4 Å². The minimum absolute atomic E-state index is 0.00116. The van der Waals surface area contributed by atoms with E-state index in [1.54, 1.807) is 6.92 Å². The highest BCUT2D eigenvalue weighted by molar-refractivity contribution is 7.90. The molecule has 0 bridgehead atoms. The van der Waals surface area contributed by atoms with E-state index in [0.717, 1.165) is 42.2 Å². The van der Waals surface area contributed by atoms with Gasteiger partial charge in [0.1, 0.15) is 16.5 Å². The van der Waals surface area contributed by atoms with E-state index in [9.17, 15) is 13.2 Å². The van der Waals surface area contributed by atoms with Gasteiger partial charge in [-0.2, -0.15) is 0 Å². The van der Waals surface area contributed by atoms with Crippen molar-refractivity contribution in [1.82, 2.24) is 9.97 Å². The van der Waals surface area contributed by atoms with Crippen LogP contribution in [0.1, 0.15) is 42.1 Å². The molecule has 5 rings (SSSR count). The summed E-state index contributed by atoms with van der Waals surface area (Å²) < 4.78 is 36.8. The standard InChI is InChI=1S/C26H29Cl2N5O5S/c1-3-37-24(34)22(29)21(28)20-13-33(11-5-10-30-20)23-16-14-38-26(9-8-15-17(26)6-4-7-18(15)27)12-19(16)31-25(32-23)39(2,35)36/h4,6-7,29-30H,3,5,8-14H2,1-2H3/p+1/b21-20+,29-22?/t26-/m0/s1. The maximum Gasteiger partial charge on any atom is 0.358 e. The molecule has 3 heterocycles. The fraction of sp³-hybridized carbons (Fsp3) is 0.462. The summed E-state index contributed by atoms with van der Waals surface area (Å²) in [6, 6.07) is 5.78. The smallest absolute Gasteiger partial charge is 0.358 e. The Bertz CT molecular complexity index is 1500. The van der Waals surface area contributed by atoms with Crippen LogP contribution < -0.4 is 10.2 Å². The topological polar surface area (TPSA) is 139 Å². The zero-order valence-electron chi connectivity index (χ0n) is 21.7. The average Bonchev–Trinajstić information content (AvgIpc) is 3.08. The monoisotopic (exact) mass is 594 g/mol. The molecule has 208 valence electrons. The Hall–Kier alpha value is -2.57. The predicted molar refractivity (Wildman–Crippen MR) is 146 cm³/mol. The maximum atomic E-state index is 12.7. The molecule has 0 radical (unpaired) electrons. The van der Waals surface area contributed by atoms with Crippen molar-refractivity contribution in [2.24, 2.45) is 0 Å². The molecule has 3 N–H and O–H groups in total. The van der Waals surface area contributed by atoms with Gasteiger partial charge < -0.3 is 19.7 Å². The van der Waals surface area contributed by atoms with Gasteiger partial charge in [-0.05, 0) is 37.0 Å². The number of rotatable bonds is 5. The third kappa shape index (κ3) is 5.30. The Morgan fingerprint density at radius 2 is 2.10 bits per heavy atom. The van der Waals surface area contributed by atoms with Crippen molar-refractivity contribution < 1.29 is 28.0 Å². The van der Waals surface area contributed by atoms with Crippen LogP contribution in [0.25, 0.3) is 0 Å². The van der Waals surface area contributed by atoms with Gasteiger partial charge in [0.15, 0.2) is 5.71 Å². The molecule has 3 aliphatic rings. The Kier molecular flexibility index (Phi) is 7.73. The molecular formula is C26H30Cl2N5O5S+. The second-order valence-electron chi connectivity index (χ2n) is 9.96. The SMILES string of the molecule is CCOC(=O)C(=N)/C(Cl)=C1/CN(c2nc(S(C)(=O)=O)nc3c2CO[C@@]2(CCc4c(Cl)cccc42)C3)CCC[NH2+]1. The number of hydrogen-bond acceptors (Lipinski definition) is 9. The average molecular weight is 596 g/mol. The van der Waals surface area contributed by atoms with E-state index >= 15 is 0 Å². The van der Waals surface area contributed by atoms with Crippen molar-refractivity contribution in [3.8, 4) is 0 Å². The quantitative estimate of drug-likeness (QED) is 0.305. The van der Waals surface area contributed by atoms with E-state index < -0.39 is 27.1 Å². The Morgan fingerprint density at radius 1 is 1.31 bits per heavy atom. The number of ether oxygens (including phenoxy) is 2. The van der Waals surface area contributed by atoms with Crippen molar-refractivity contribution in [3.05, 3.63) is 56.3 Å². The van der Waals surface area contributed by atoms with Crippen LogP contribution in [0, 0.1) is 5.41 Å². The molecule has 13 heteroatoms. The van der Waals surface area contributed by atoms with Crippen molar-refractivity contribution in [2.75, 3.05) is 37.4 Å². The molecule has 1 fully saturated rings. The molecule has 10 nitrogen and oxygen atoms in total. The molecule has 2 aromatic rings. The van der Waals surface area contributed by atoms with Gasteiger partial charge >= 0.3 is 5.97 Å². The number of sulfone groups is 1. The van der Waals surface area contributed by atoms with Crippen molar-refractivity contribution in [3.63, 3.8) is 0 Å². The summed E-state index contributed by atoms with van der Waals surface area (Å²) in [5.74, 6) is -0.340. The first-order chi connectivity index (χ1) is 18.5. The number of benzene rings is 1. The van der Waals surface area contributed by atoms with E-state index in [4.69, 9.17) is 38.1 Å². The first kappa shape index (κ1) is 28.0. The number of quaternary nitrogens is 1. The van der Waals surface area contributed by atoms with E-state index in [-0.39, 0.29) is 29.9 Å². The summed E-state index contributed by atoms with van der Waals surface area (Å²) in [5.41, 5.74) is 2.94. The third-order valence-corrected chi connectivity index (χ3v) is 9.01. The van der Waals surface area contributed by atoms with Crippen LogP contribution in [-0.2, 0) is 49.2 Å². The first-order valence-corrected chi connectivity index (χ1v) is 15.4. The summed E-state index contributed by atoms with van der Waals surface area (Å²) in [4.78, 5) is 23.1. The molecule has 1 aliphatic carbocycles. The molecule has 0 amide bonds. The van der Waals surface area contributed by atoms with Gasteiger partial charge in [-0.1, -0.05) is 35.3 Å². The number of nitrogens with zero attached hydrogens (tertiary/aromatic N) is 3. The van der Waals surface area contributed by atoms with Gasteiger partial charge in [-0.3, -0.25) is 5.41 Å². The zero-order chi connectivity index (χ0) is 27.9. The van der Waals surface area contributed by atoms with Crippen molar-refractivity contribution >= 4 is 50.5 Å². The highest BCUT2D eigenvalue weighted by Crippen LogP contribution is 2.48. The molecule has 0 saturated carbocycles. The van der Waals surface area contributed by atoms with Crippen LogP contribution >= 0.6 is 23.2 Å². The lowest BCUT2D eigenvalue weighted by Gasteiger charge is -2.37. The zero-order valence-corrected chi connectivity index (χ0v) is 24.0. The van der Waals surface area contributed by atoms with Crippen LogP contribution in [0.5, 0.6) is 0 Å². The highest BCUT2D eigenvalue weighted by atomic mass is 35.5. The number of nitrogens with one attached hydrogen (secondary N) is 1. The number of aromatic nitrogens is 2.